The molecule has 69 heteroatoms. The monoisotopic (exact) mass is 1970 g/mol. The summed E-state index contributed by atoms with van der Waals surface area (Å²) in [6.45, 7) is -6.98. The molecule has 64 nitrogen and oxygen atoms in total. The molecular weight excluding hydrogens is 1900 g/mol. The molecule has 10 aliphatic heterocycles. The van der Waals surface area contributed by atoms with Gasteiger partial charge in [0.25, 0.3) is 33.4 Å². The number of hydrogen-bond acceptors (Lipinski definition) is 47. The van der Waals surface area contributed by atoms with Gasteiger partial charge in [-0.3, -0.25) is 131 Å². The zero-order chi connectivity index (χ0) is 93.8. The molecule has 10 saturated heterocycles. The number of nitrogens with zero attached hydrogens (tertiary/aromatic N) is 14. The molecule has 0 aliphatic carbocycles. The van der Waals surface area contributed by atoms with Crippen LogP contribution in [-0.4, -0.2) is 294 Å². The lowest BCUT2D eigenvalue weighted by Crippen LogP contribution is -2.48. The van der Waals surface area contributed by atoms with E-state index in [0.717, 1.165) is 58.9 Å². The van der Waals surface area contributed by atoms with Crippen molar-refractivity contribution in [2.24, 2.45) is 0 Å². The molecule has 10 fully saturated rings. The second-order valence-corrected chi connectivity index (χ2v) is 39.4. The van der Waals surface area contributed by atoms with Crippen molar-refractivity contribution in [1.29, 1.82) is 0 Å². The zero-order valence-corrected chi connectivity index (χ0v) is 72.2. The van der Waals surface area contributed by atoms with E-state index in [2.05, 4.69) is 69.8 Å². The molecule has 0 saturated carbocycles. The van der Waals surface area contributed by atoms with Crippen LogP contribution in [0.3, 0.4) is 0 Å². The van der Waals surface area contributed by atoms with E-state index in [1.54, 1.807) is 0 Å². The molecule has 21 N–H and O–H groups in total. The first-order valence-corrected chi connectivity index (χ1v) is 47.0. The fraction of sp³-hybridized carbons (Fsp3) is 0.562. The average molecular weight is 1980 g/mol. The molecule has 0 amide bonds. The fourth-order valence-corrected chi connectivity index (χ4v) is 22.8. The smallest absolute Gasteiger partial charge is 0.394 e. The number of aliphatic hydroxyl groups excluding tert-OH is 2. The molecule has 10 aromatic heterocycles. The van der Waals surface area contributed by atoms with E-state index >= 15 is 13.7 Å². The maximum atomic E-state index is 15.2. The third-order valence-corrected chi connectivity index (χ3v) is 28.6. The van der Waals surface area contributed by atoms with Gasteiger partial charge in [-0.1, -0.05) is 0 Å². The average Bonchev–Trinajstić information content (AvgIpc) is 1.56. The number of aromatic amines is 6. The van der Waals surface area contributed by atoms with Gasteiger partial charge in [-0.15, -0.1) is 0 Å². The van der Waals surface area contributed by atoms with Crippen LogP contribution in [0.4, 0.5) is 23.8 Å². The summed E-state index contributed by atoms with van der Waals surface area (Å²) in [5, 5.41) is 21.4. The number of imidazole rings is 4. The summed E-state index contributed by atoms with van der Waals surface area (Å²) in [4.78, 5) is 209. The number of nitrogen functional groups attached to an aromatic ring is 4. The van der Waals surface area contributed by atoms with E-state index < -0.39 is 313 Å². The molecule has 20 rings (SSSR count). The van der Waals surface area contributed by atoms with Crippen LogP contribution < -0.4 is 67.7 Å². The molecule has 0 spiro atoms. The van der Waals surface area contributed by atoms with Gasteiger partial charge in [0, 0.05) is 36.4 Å². The lowest BCUT2D eigenvalue weighted by molar-refractivity contribution is -0.188. The molecule has 10 aliphatic rings. The summed E-state index contributed by atoms with van der Waals surface area (Å²) in [5.74, 6) is -1.74. The third-order valence-electron chi connectivity index (χ3n) is 23.8. The van der Waals surface area contributed by atoms with Crippen LogP contribution in [0.2, 0.25) is 0 Å². The number of H-pyrrole nitrogens is 6. The molecule has 5 unspecified atom stereocenters. The Balaban J connectivity index is 0.574. The van der Waals surface area contributed by atoms with E-state index in [0.29, 0.717) is 0 Å². The number of rotatable bonds is 32. The number of nitrogens with two attached hydrogens (primary N) is 4. The highest BCUT2D eigenvalue weighted by Crippen LogP contribution is 2.64. The summed E-state index contributed by atoms with van der Waals surface area (Å²) in [6, 6.07) is 0. The maximum absolute atomic E-state index is 15.2. The predicted molar refractivity (Wildman–Crippen MR) is 426 cm³/mol. The van der Waals surface area contributed by atoms with Gasteiger partial charge in [0.2, 0.25) is 23.8 Å². The second-order valence-electron chi connectivity index (χ2n) is 32.4. The molecule has 8 bridgehead atoms. The maximum Gasteiger partial charge on any atom is 0.472 e. The number of fused-ring (bicyclic) bond motifs is 12. The Hall–Kier alpha value is -9.97. The molecule has 133 heavy (non-hydrogen) atoms. The molecule has 0 aromatic carbocycles. The van der Waals surface area contributed by atoms with Gasteiger partial charge in [0.1, 0.15) is 102 Å². The minimum absolute atomic E-state index is 0.0739. The number of nitrogens with one attached hydrogen (secondary N) is 6. The Morgan fingerprint density at radius 2 is 0.692 bits per heavy atom. The summed E-state index contributed by atoms with van der Waals surface area (Å²) in [7, 11) is -28.7. The number of aryl methyl sites for hydroxylation is 2. The number of aromatic nitrogens is 20. The van der Waals surface area contributed by atoms with Crippen LogP contribution in [0.1, 0.15) is 61.3 Å². The van der Waals surface area contributed by atoms with E-state index in [-0.39, 0.29) is 62.2 Å². The first kappa shape index (κ1) is 90.8. The number of aliphatic hydroxyl groups is 2. The van der Waals surface area contributed by atoms with Gasteiger partial charge >= 0.3 is 50.5 Å². The summed E-state index contributed by atoms with van der Waals surface area (Å²) in [6.07, 6.45) is -23.9. The van der Waals surface area contributed by atoms with Crippen molar-refractivity contribution < 1.29 is 150 Å². The van der Waals surface area contributed by atoms with Gasteiger partial charge < -0.3 is 105 Å². The van der Waals surface area contributed by atoms with Crippen molar-refractivity contribution in [3.05, 3.63) is 132 Å². The topological polar surface area (TPSA) is 880 Å². The van der Waals surface area contributed by atoms with Gasteiger partial charge in [-0.25, -0.2) is 52.4 Å². The first-order chi connectivity index (χ1) is 62.9. The third kappa shape index (κ3) is 16.0. The molecule has 0 radical (unpaired) electrons. The molecule has 20 heterocycles. The number of phosphoric ester groups is 5. The highest BCUT2D eigenvalue weighted by Gasteiger charge is 2.72. The lowest BCUT2D eigenvalue weighted by atomic mass is 10.0. The summed E-state index contributed by atoms with van der Waals surface area (Å²) < 4.78 is 200. The minimum Gasteiger partial charge on any atom is -0.394 e. The number of phosphoric acid groups is 5. The van der Waals surface area contributed by atoms with Crippen molar-refractivity contribution in [2.75, 3.05) is 89.0 Å². The number of hydrogen-bond donors (Lipinski definition) is 17. The molecule has 716 valence electrons. The van der Waals surface area contributed by atoms with E-state index in [1.165, 1.54) is 20.0 Å². The van der Waals surface area contributed by atoms with E-state index in [4.69, 9.17) is 116 Å². The highest BCUT2D eigenvalue weighted by atomic mass is 31.2. The van der Waals surface area contributed by atoms with Gasteiger partial charge in [0.05, 0.1) is 97.5 Å². The normalized spacial score (nSPS) is 33.8. The second kappa shape index (κ2) is 32.6. The Morgan fingerprint density at radius 1 is 0.406 bits per heavy atom. The quantitative estimate of drug-likeness (QED) is 0.0174. The number of anilines is 4. The van der Waals surface area contributed by atoms with Crippen LogP contribution >= 0.6 is 39.1 Å². The van der Waals surface area contributed by atoms with Crippen molar-refractivity contribution in [2.45, 2.75) is 160 Å². The molecular formula is C64H75N24O40P5. The van der Waals surface area contributed by atoms with E-state index in [1.807, 2.05) is 0 Å². The predicted octanol–water partition coefficient (Wildman–Crippen LogP) is -6.33. The fourth-order valence-electron chi connectivity index (χ4n) is 17.6. The van der Waals surface area contributed by atoms with Crippen LogP contribution in [0.25, 0.3) is 44.7 Å². The SMILES string of the molecule is Cc1cn([C@H]2C[C@H](OP(=O)(O)OC[C@@]34CO[C@@H]([C@H](n5cnc6c(=O)[nH]c(N)nc65)O3)[C@@H]4OP(=O)(O)OC[C@@]34CO[C@@H]([C@H](n5cnc6c(=O)[nH]c(N)nc65)O3)[C@@H]4OP(=O)(O)OC[C@@]34CO[C@@H]([C@H](n5cnc6c(=O)[nH]c(N)nc65)O3)[C@@H]4OP(=O)(O)OC[C@@]34CO[C@@H]([C@H](n5cnc6c(=O)[nH]c(N)nc65)O3)[C@@H]4OP(=O)(O)OC[C@H]3O[C@@H](n4cc(C)c(=O)[nH]c4=O)C[C@@H]3O)[C@@H](CO)O2)c(=O)[nH]c1=O. The Bertz CT molecular complexity index is 7180. The Kier molecular flexibility index (Phi) is 22.3. The van der Waals surface area contributed by atoms with Gasteiger partial charge in [-0.2, -0.15) is 19.9 Å². The minimum atomic E-state index is -5.95. The van der Waals surface area contributed by atoms with Crippen LogP contribution in [0, 0.1) is 13.8 Å². The van der Waals surface area contributed by atoms with E-state index in [9.17, 15) is 82.2 Å². The largest absolute Gasteiger partial charge is 0.472 e. The highest BCUT2D eigenvalue weighted by molar-refractivity contribution is 7.48. The van der Waals surface area contributed by atoms with Crippen molar-refractivity contribution in [3.8, 4) is 0 Å². The molecule has 27 atom stereocenters. The number of ether oxygens (including phenoxy) is 10. The first-order valence-electron chi connectivity index (χ1n) is 39.5. The van der Waals surface area contributed by atoms with Crippen LogP contribution in [0.5, 0.6) is 0 Å². The van der Waals surface area contributed by atoms with Gasteiger partial charge in [0.15, 0.2) is 69.6 Å². The van der Waals surface area contributed by atoms with Crippen molar-refractivity contribution in [3.63, 3.8) is 0 Å². The Morgan fingerprint density at radius 3 is 1.00 bits per heavy atom. The van der Waals surface area contributed by atoms with Crippen LogP contribution in [-0.2, 0) is 115 Å². The van der Waals surface area contributed by atoms with Crippen molar-refractivity contribution in [1.82, 2.24) is 97.2 Å². The van der Waals surface area contributed by atoms with Crippen molar-refractivity contribution >= 4 is 108 Å². The standard InChI is InChI=1S/C64H75N24O40P5/c1-21-5-83(59(97)81-45(21)91)27-3-23(90)26(119-27)8-113-129(99,100)125-37-33-51(85-17-69-29-41(85)73-55(65)77-47(29)93)121-62(37,10-109-33)14-115-131(103,104)127-39-35-53(87-19-71-31-43(87)75-57(67)79-49(31)95)123-64(39,12-111-35)16-117-133(107,108)128-40-36-54(88-20-72-32-44(88)76-58(68)80-50(32)96)122-63(40,11-112-36)15-116-132(105,106)126-38-34-52(86-18-70-30-42(86)74-56(66)78-48(30)94)120-61(38,9-110-34)13-114-130(101,102)124-24-4-28(118-25(24)7-89)84-6-22(2)46(92)82-60(84)98/h5-6,17-20,23-28,33-40,51-54,89-90H,3-4,7-16H2,1-2H3,(H,99,100)(H,101,102)(H,103,104)(H,105,106)(H,107,108)(H,81,91,97)(H,82,92,98)(H3,65,73,77,93)(H3,66,74,78,94)(H3,67,75,79,95)(H3,68,76,80,96)/t23-,24-,25+,26+,27+,28+,33+,34+,35+,36+,37-,38-,39-,40-,51+,52+,53+,54+,61+,62+,63+,64+/m0/s1. The summed E-state index contributed by atoms with van der Waals surface area (Å²) in [5.41, 5.74) is 5.35. The van der Waals surface area contributed by atoms with Crippen LogP contribution in [0.15, 0.2) is 76.1 Å². The zero-order valence-electron chi connectivity index (χ0n) is 67.8. The Labute approximate surface area is 732 Å². The lowest BCUT2D eigenvalue weighted by Gasteiger charge is -2.34. The molecule has 10 aromatic rings. The van der Waals surface area contributed by atoms with Gasteiger partial charge in [-0.05, 0) is 13.8 Å². The summed E-state index contributed by atoms with van der Waals surface area (Å²) >= 11 is 0.